The fraction of sp³-hybridized carbons (Fsp3) is 0.750. The first-order valence-corrected chi connectivity index (χ1v) is 5.17. The maximum atomic E-state index is 7.24. The van der Waals surface area contributed by atoms with Gasteiger partial charge < -0.3 is 5.41 Å². The molecule has 0 aromatic heterocycles. The topological polar surface area (TPSA) is 23.9 Å². The average molecular weight is 179 g/mol. The lowest BCUT2D eigenvalue weighted by Crippen LogP contribution is -2.39. The summed E-state index contributed by atoms with van der Waals surface area (Å²) in [7, 11) is 0. The molecule has 0 aromatic carbocycles. The highest BCUT2D eigenvalue weighted by atomic mass is 14.5. The molecule has 0 radical (unpaired) electrons. The molecule has 1 rings (SSSR count). The lowest BCUT2D eigenvalue weighted by molar-refractivity contribution is 0.0738. The van der Waals surface area contributed by atoms with Gasteiger partial charge in [0.25, 0.3) is 0 Å². The second-order valence-corrected chi connectivity index (χ2v) is 4.77. The quantitative estimate of drug-likeness (QED) is 0.503. The Morgan fingerprint density at radius 3 is 2.46 bits per heavy atom. The molecule has 0 heterocycles. The SMILES string of the molecule is C=C(C)C(C)(CC=N)C1CCC1C. The maximum Gasteiger partial charge on any atom is -0.00390 e. The van der Waals surface area contributed by atoms with Crippen LogP contribution in [0.25, 0.3) is 0 Å². The smallest absolute Gasteiger partial charge is 0.00390 e. The molecule has 1 nitrogen and oxygen atoms in total. The van der Waals surface area contributed by atoms with Crippen LogP contribution in [0.2, 0.25) is 0 Å². The van der Waals surface area contributed by atoms with Gasteiger partial charge in [0.1, 0.15) is 0 Å². The standard InChI is InChI=1S/C12H21N/c1-9(2)12(4,7-8-13)11-6-5-10(11)3/h8,10-11,13H,1,5-7H2,2-4H3. The molecular weight excluding hydrogens is 158 g/mol. The van der Waals surface area contributed by atoms with Gasteiger partial charge in [0.05, 0.1) is 0 Å². The van der Waals surface area contributed by atoms with E-state index in [1.54, 1.807) is 6.21 Å². The van der Waals surface area contributed by atoms with Crippen molar-refractivity contribution >= 4 is 6.21 Å². The van der Waals surface area contributed by atoms with E-state index in [0.717, 1.165) is 18.3 Å². The van der Waals surface area contributed by atoms with Crippen LogP contribution in [0.1, 0.15) is 40.0 Å². The molecule has 0 saturated heterocycles. The van der Waals surface area contributed by atoms with Crippen LogP contribution >= 0.6 is 0 Å². The minimum Gasteiger partial charge on any atom is -0.313 e. The zero-order valence-electron chi connectivity index (χ0n) is 9.06. The summed E-state index contributed by atoms with van der Waals surface area (Å²) < 4.78 is 0. The Kier molecular flexibility index (Phi) is 2.94. The normalized spacial score (nSPS) is 31.6. The summed E-state index contributed by atoms with van der Waals surface area (Å²) in [4.78, 5) is 0. The van der Waals surface area contributed by atoms with Crippen LogP contribution in [-0.2, 0) is 0 Å². The van der Waals surface area contributed by atoms with Crippen molar-refractivity contribution in [1.29, 1.82) is 5.41 Å². The van der Waals surface area contributed by atoms with Crippen molar-refractivity contribution in [2.24, 2.45) is 17.3 Å². The van der Waals surface area contributed by atoms with Crippen LogP contribution in [0.15, 0.2) is 12.2 Å². The maximum absolute atomic E-state index is 7.24. The molecule has 1 N–H and O–H groups in total. The Labute approximate surface area is 81.7 Å². The molecule has 1 aliphatic rings. The van der Waals surface area contributed by atoms with E-state index in [1.165, 1.54) is 18.4 Å². The Balaban J connectivity index is 2.77. The van der Waals surface area contributed by atoms with Gasteiger partial charge in [0.2, 0.25) is 0 Å². The Morgan fingerprint density at radius 2 is 2.23 bits per heavy atom. The predicted molar refractivity (Wildman–Crippen MR) is 58.2 cm³/mol. The third kappa shape index (κ3) is 1.70. The molecule has 0 aliphatic heterocycles. The first-order chi connectivity index (χ1) is 6.02. The molecule has 1 heteroatoms. The van der Waals surface area contributed by atoms with Gasteiger partial charge >= 0.3 is 0 Å². The van der Waals surface area contributed by atoms with Crippen molar-refractivity contribution in [3.8, 4) is 0 Å². The molecule has 13 heavy (non-hydrogen) atoms. The second kappa shape index (κ2) is 3.65. The third-order valence-electron chi connectivity index (χ3n) is 3.94. The lowest BCUT2D eigenvalue weighted by atomic mass is 9.57. The van der Waals surface area contributed by atoms with Crippen LogP contribution < -0.4 is 0 Å². The molecule has 1 fully saturated rings. The monoisotopic (exact) mass is 179 g/mol. The lowest BCUT2D eigenvalue weighted by Gasteiger charge is -2.47. The zero-order chi connectivity index (χ0) is 10.1. The summed E-state index contributed by atoms with van der Waals surface area (Å²) in [6, 6.07) is 0. The summed E-state index contributed by atoms with van der Waals surface area (Å²) in [5, 5.41) is 7.24. The molecular formula is C12H21N. The van der Waals surface area contributed by atoms with Gasteiger partial charge in [0, 0.05) is 0 Å². The van der Waals surface area contributed by atoms with E-state index in [0.29, 0.717) is 0 Å². The molecule has 0 bridgehead atoms. The fourth-order valence-electron chi connectivity index (χ4n) is 2.47. The van der Waals surface area contributed by atoms with E-state index < -0.39 is 0 Å². The molecule has 74 valence electrons. The van der Waals surface area contributed by atoms with Crippen molar-refractivity contribution < 1.29 is 0 Å². The highest BCUT2D eigenvalue weighted by Gasteiger charge is 2.42. The van der Waals surface area contributed by atoms with E-state index in [9.17, 15) is 0 Å². The second-order valence-electron chi connectivity index (χ2n) is 4.77. The molecule has 3 atom stereocenters. The van der Waals surface area contributed by atoms with Crippen LogP contribution in [-0.4, -0.2) is 6.21 Å². The minimum atomic E-state index is 0.180. The molecule has 0 spiro atoms. The Bertz CT molecular complexity index is 219. The van der Waals surface area contributed by atoms with Gasteiger partial charge in [-0.25, -0.2) is 0 Å². The van der Waals surface area contributed by atoms with Crippen molar-refractivity contribution in [3.05, 3.63) is 12.2 Å². The van der Waals surface area contributed by atoms with E-state index in [2.05, 4.69) is 27.4 Å². The summed E-state index contributed by atoms with van der Waals surface area (Å²) >= 11 is 0. The highest BCUT2D eigenvalue weighted by Crippen LogP contribution is 2.50. The van der Waals surface area contributed by atoms with Gasteiger partial charge in [-0.1, -0.05) is 32.4 Å². The van der Waals surface area contributed by atoms with Gasteiger partial charge in [-0.05, 0) is 43.2 Å². The molecule has 0 aromatic rings. The van der Waals surface area contributed by atoms with Crippen LogP contribution in [0, 0.1) is 22.7 Å². The predicted octanol–water partition coefficient (Wildman–Crippen LogP) is 3.65. The van der Waals surface area contributed by atoms with E-state index >= 15 is 0 Å². The van der Waals surface area contributed by atoms with Crippen molar-refractivity contribution in [1.82, 2.24) is 0 Å². The number of rotatable bonds is 4. The summed E-state index contributed by atoms with van der Waals surface area (Å²) in [5.74, 6) is 1.58. The molecule has 3 unspecified atom stereocenters. The number of hydrogen-bond acceptors (Lipinski definition) is 1. The van der Waals surface area contributed by atoms with Crippen molar-refractivity contribution in [3.63, 3.8) is 0 Å². The van der Waals surface area contributed by atoms with E-state index in [4.69, 9.17) is 5.41 Å². The van der Waals surface area contributed by atoms with Crippen LogP contribution in [0.3, 0.4) is 0 Å². The summed E-state index contributed by atoms with van der Waals surface area (Å²) in [6.07, 6.45) is 5.07. The van der Waals surface area contributed by atoms with E-state index in [1.807, 2.05) is 0 Å². The number of hydrogen-bond donors (Lipinski definition) is 1. The fourth-order valence-corrected chi connectivity index (χ4v) is 2.47. The Morgan fingerprint density at radius 1 is 1.62 bits per heavy atom. The van der Waals surface area contributed by atoms with Crippen molar-refractivity contribution in [2.75, 3.05) is 0 Å². The van der Waals surface area contributed by atoms with Crippen LogP contribution in [0.5, 0.6) is 0 Å². The summed E-state index contributed by atoms with van der Waals surface area (Å²) in [6.45, 7) is 10.8. The van der Waals surface area contributed by atoms with Crippen molar-refractivity contribution in [2.45, 2.75) is 40.0 Å². The first-order valence-electron chi connectivity index (χ1n) is 5.17. The third-order valence-corrected chi connectivity index (χ3v) is 3.94. The summed E-state index contributed by atoms with van der Waals surface area (Å²) in [5.41, 5.74) is 1.42. The number of nitrogens with one attached hydrogen (secondary N) is 1. The average Bonchev–Trinajstić information content (AvgIpc) is 2.01. The van der Waals surface area contributed by atoms with Crippen LogP contribution in [0.4, 0.5) is 0 Å². The van der Waals surface area contributed by atoms with Gasteiger partial charge in [-0.15, -0.1) is 0 Å². The Hall–Kier alpha value is -0.590. The molecule has 1 saturated carbocycles. The molecule has 0 amide bonds. The van der Waals surface area contributed by atoms with Gasteiger partial charge in [-0.3, -0.25) is 0 Å². The van der Waals surface area contributed by atoms with Gasteiger partial charge in [0.15, 0.2) is 0 Å². The van der Waals surface area contributed by atoms with Gasteiger partial charge in [-0.2, -0.15) is 0 Å². The first kappa shape index (κ1) is 10.5. The number of allylic oxidation sites excluding steroid dienone is 1. The highest BCUT2D eigenvalue weighted by molar-refractivity contribution is 5.55. The molecule has 1 aliphatic carbocycles. The largest absolute Gasteiger partial charge is 0.313 e. The van der Waals surface area contributed by atoms with E-state index in [-0.39, 0.29) is 5.41 Å². The minimum absolute atomic E-state index is 0.180. The zero-order valence-corrected chi connectivity index (χ0v) is 9.06.